The van der Waals surface area contributed by atoms with Gasteiger partial charge in [-0.05, 0) is 12.5 Å². The van der Waals surface area contributed by atoms with Gasteiger partial charge in [0.15, 0.2) is 32.6 Å². The monoisotopic (exact) mass is 518 g/mol. The Morgan fingerprint density at radius 2 is 1.03 bits per heavy atom. The first-order chi connectivity index (χ1) is 14.1. The smallest absolute Gasteiger partial charge is 0.485 e. The molecule has 0 atom stereocenters. The molecule has 0 aromatic carbocycles. The first-order valence-corrected chi connectivity index (χ1v) is 10.5. The average Bonchev–Trinajstić information content (AvgIpc) is 2.59. The van der Waals surface area contributed by atoms with E-state index in [2.05, 4.69) is 4.98 Å². The normalized spacial score (nSPS) is 11.6. The SMILES string of the molecule is Cc1cc(C)[n+](F)c(C)c1.O=S(=O)([O-])C(F)(F)F.O=S(=O)([O-])C(F)(F)F.c1cc[nH+]cc1. The molecule has 184 valence electrons. The van der Waals surface area contributed by atoms with Crippen LogP contribution in [-0.4, -0.2) is 37.0 Å². The lowest BCUT2D eigenvalue weighted by molar-refractivity contribution is -0.852. The molecule has 2 rings (SSSR count). The molecular weight excluding hydrogens is 501 g/mol. The minimum Gasteiger partial charge on any atom is -0.741 e. The molecule has 32 heavy (non-hydrogen) atoms. The average molecular weight is 518 g/mol. The lowest BCUT2D eigenvalue weighted by atomic mass is 10.2. The van der Waals surface area contributed by atoms with Gasteiger partial charge in [0, 0.05) is 42.9 Å². The van der Waals surface area contributed by atoms with Crippen LogP contribution in [0.4, 0.5) is 30.8 Å². The van der Waals surface area contributed by atoms with Crippen molar-refractivity contribution in [2.24, 2.45) is 0 Å². The highest BCUT2D eigenvalue weighted by Crippen LogP contribution is 2.21. The summed E-state index contributed by atoms with van der Waals surface area (Å²) in [5.41, 5.74) is -8.89. The van der Waals surface area contributed by atoms with E-state index in [9.17, 15) is 30.8 Å². The Labute approximate surface area is 178 Å². The molecule has 0 aliphatic carbocycles. The van der Waals surface area contributed by atoms with Gasteiger partial charge >= 0.3 is 11.0 Å². The quantitative estimate of drug-likeness (QED) is 0.299. The van der Waals surface area contributed by atoms with Gasteiger partial charge in [0.1, 0.15) is 0 Å². The van der Waals surface area contributed by atoms with E-state index in [1.54, 1.807) is 13.8 Å². The van der Waals surface area contributed by atoms with Crippen LogP contribution in [0.25, 0.3) is 0 Å². The molecule has 2 aromatic rings. The third kappa shape index (κ3) is 13.8. The van der Waals surface area contributed by atoms with Crippen molar-refractivity contribution in [1.82, 2.24) is 0 Å². The number of aromatic nitrogens is 2. The lowest BCUT2D eigenvalue weighted by Crippen LogP contribution is -2.30. The number of nitrogens with zero attached hydrogens (tertiary/aromatic N) is 1. The predicted octanol–water partition coefficient (Wildman–Crippen LogP) is 2.24. The molecule has 0 aliphatic rings. The number of pyridine rings is 2. The second kappa shape index (κ2) is 12.6. The van der Waals surface area contributed by atoms with E-state index in [0.717, 1.165) is 5.56 Å². The van der Waals surface area contributed by atoms with Crippen molar-refractivity contribution in [3.8, 4) is 0 Å². The van der Waals surface area contributed by atoms with Crippen molar-refractivity contribution in [2.75, 3.05) is 0 Å². The summed E-state index contributed by atoms with van der Waals surface area (Å²) in [5, 5.41) is 0. The molecule has 0 aliphatic heterocycles. The van der Waals surface area contributed by atoms with Crippen molar-refractivity contribution < 1.29 is 66.5 Å². The summed E-state index contributed by atoms with van der Waals surface area (Å²) in [7, 11) is -12.2. The maximum absolute atomic E-state index is 12.8. The summed E-state index contributed by atoms with van der Waals surface area (Å²) in [6.07, 6.45) is 3.75. The molecule has 0 saturated carbocycles. The highest BCUT2D eigenvalue weighted by molar-refractivity contribution is 7.86. The molecule has 1 N–H and O–H groups in total. The Morgan fingerprint density at radius 3 is 1.19 bits per heavy atom. The number of aryl methyl sites for hydroxylation is 3. The maximum Gasteiger partial charge on any atom is 0.485 e. The van der Waals surface area contributed by atoms with Crippen molar-refractivity contribution in [2.45, 2.75) is 31.8 Å². The number of H-pyrrole nitrogens is 1. The zero-order chi connectivity index (χ0) is 26.0. The van der Waals surface area contributed by atoms with Crippen LogP contribution in [0.2, 0.25) is 0 Å². The molecule has 2 heterocycles. The Balaban J connectivity index is 0. The number of hydrogen-bond donors (Lipinski definition) is 0. The molecule has 0 saturated heterocycles. The minimum absolute atomic E-state index is 0.650. The van der Waals surface area contributed by atoms with Gasteiger partial charge in [-0.25, -0.2) is 21.8 Å². The number of nitrogens with one attached hydrogen (secondary N) is 1. The summed E-state index contributed by atoms with van der Waals surface area (Å²) in [4.78, 5) is 3.58. The fraction of sp³-hybridized carbons (Fsp3) is 0.333. The molecule has 2 aromatic heterocycles. The van der Waals surface area contributed by atoms with Gasteiger partial charge in [-0.3, -0.25) is 0 Å². The highest BCUT2D eigenvalue weighted by atomic mass is 32.2. The fourth-order valence-corrected chi connectivity index (χ4v) is 1.43. The van der Waals surface area contributed by atoms with Gasteiger partial charge in [-0.2, -0.15) is 26.3 Å². The van der Waals surface area contributed by atoms with Gasteiger partial charge in [-0.15, -0.1) is 0 Å². The minimum atomic E-state index is -6.09. The zero-order valence-corrected chi connectivity index (χ0v) is 18.0. The summed E-state index contributed by atoms with van der Waals surface area (Å²) >= 11 is 0. The molecule has 0 amide bonds. The summed E-state index contributed by atoms with van der Waals surface area (Å²) in [6, 6.07) is 9.48. The van der Waals surface area contributed by atoms with Gasteiger partial charge in [0.2, 0.25) is 11.4 Å². The van der Waals surface area contributed by atoms with Crippen LogP contribution >= 0.6 is 0 Å². The van der Waals surface area contributed by atoms with E-state index < -0.39 is 31.3 Å². The zero-order valence-electron chi connectivity index (χ0n) is 16.4. The van der Waals surface area contributed by atoms with E-state index in [0.29, 0.717) is 16.2 Å². The second-order valence-electron chi connectivity index (χ2n) is 5.47. The van der Waals surface area contributed by atoms with Crippen LogP contribution in [-0.2, 0) is 20.2 Å². The molecule has 0 unspecified atom stereocenters. The second-order valence-corrected chi connectivity index (χ2v) is 8.22. The summed E-state index contributed by atoms with van der Waals surface area (Å²) in [5.74, 6) is 0. The molecule has 0 bridgehead atoms. The van der Waals surface area contributed by atoms with E-state index in [1.165, 1.54) is 0 Å². The molecule has 0 radical (unpaired) electrons. The van der Waals surface area contributed by atoms with Crippen molar-refractivity contribution in [3.63, 3.8) is 0 Å². The Hall–Kier alpha value is -2.37. The first-order valence-electron chi connectivity index (χ1n) is 7.72. The molecular formula is C15H17F7N2O6S2. The van der Waals surface area contributed by atoms with Crippen LogP contribution in [0.3, 0.4) is 0 Å². The van der Waals surface area contributed by atoms with Gasteiger partial charge in [-0.1, -0.05) is 6.07 Å². The largest absolute Gasteiger partial charge is 0.741 e. The van der Waals surface area contributed by atoms with Crippen molar-refractivity contribution in [3.05, 3.63) is 59.7 Å². The van der Waals surface area contributed by atoms with Crippen molar-refractivity contribution >= 4 is 20.2 Å². The Morgan fingerprint density at radius 1 is 0.750 bits per heavy atom. The number of hydrogen-bond acceptors (Lipinski definition) is 6. The fourth-order valence-electron chi connectivity index (χ4n) is 1.43. The maximum atomic E-state index is 12.8. The molecule has 8 nitrogen and oxygen atoms in total. The summed E-state index contributed by atoms with van der Waals surface area (Å²) < 4.78 is 131. The van der Waals surface area contributed by atoms with Crippen LogP contribution in [0.1, 0.15) is 17.0 Å². The lowest BCUT2D eigenvalue weighted by Gasteiger charge is -2.08. The van der Waals surface area contributed by atoms with Crippen LogP contribution in [0, 0.1) is 20.8 Å². The molecule has 17 heteroatoms. The standard InChI is InChI=1S/C8H11FN.C5H5N.2CHF3O3S/c1-6-4-7(2)10(9)8(3)5-6;1-2-4-6-5-3-1;2*2-1(3,4)8(5,6)7/h4-5H,1-3H3;1-5H;2*(H,5,6,7)/q+1;;;/p-1. The van der Waals surface area contributed by atoms with E-state index in [4.69, 9.17) is 25.9 Å². The Bertz CT molecular complexity index is 950. The number of rotatable bonds is 0. The predicted molar refractivity (Wildman–Crippen MR) is 91.9 cm³/mol. The molecule has 0 fully saturated rings. The number of alkyl halides is 6. The third-order valence-electron chi connectivity index (χ3n) is 2.67. The highest BCUT2D eigenvalue weighted by Gasteiger charge is 2.37. The van der Waals surface area contributed by atoms with Gasteiger partial charge in [0.05, 0.1) is 4.48 Å². The number of halogens is 7. The first kappa shape index (κ1) is 31.8. The topological polar surface area (TPSA) is 132 Å². The molecule has 0 spiro atoms. The van der Waals surface area contributed by atoms with Crippen LogP contribution in [0.15, 0.2) is 42.7 Å². The van der Waals surface area contributed by atoms with Crippen LogP contribution < -0.4 is 9.77 Å². The Kier molecular flexibility index (Phi) is 12.5. The number of aromatic amines is 1. The summed E-state index contributed by atoms with van der Waals surface area (Å²) in [6.45, 7) is 5.46. The van der Waals surface area contributed by atoms with Crippen molar-refractivity contribution in [1.29, 1.82) is 0 Å². The van der Waals surface area contributed by atoms with E-state index in [1.807, 2.05) is 49.6 Å². The van der Waals surface area contributed by atoms with E-state index >= 15 is 0 Å². The van der Waals surface area contributed by atoms with Gasteiger partial charge < -0.3 is 9.11 Å². The van der Waals surface area contributed by atoms with Gasteiger partial charge in [0.25, 0.3) is 0 Å². The van der Waals surface area contributed by atoms with E-state index in [-0.39, 0.29) is 0 Å². The third-order valence-corrected chi connectivity index (χ3v) is 3.80. The van der Waals surface area contributed by atoms with Crippen LogP contribution in [0.5, 0.6) is 0 Å².